The van der Waals surface area contributed by atoms with E-state index in [0.29, 0.717) is 12.5 Å². The first-order valence-electron chi connectivity index (χ1n) is 5.23. The molecule has 0 aromatic rings. The van der Waals surface area contributed by atoms with E-state index in [2.05, 4.69) is 5.32 Å². The lowest BCUT2D eigenvalue weighted by Crippen LogP contribution is -2.26. The molecule has 2 fully saturated rings. The topological polar surface area (TPSA) is 38.3 Å². The molecule has 74 valence electrons. The van der Waals surface area contributed by atoms with E-state index >= 15 is 0 Å². The van der Waals surface area contributed by atoms with Gasteiger partial charge in [-0.15, -0.1) is 0 Å². The van der Waals surface area contributed by atoms with Crippen LogP contribution in [0.15, 0.2) is 0 Å². The molecule has 1 saturated carbocycles. The van der Waals surface area contributed by atoms with Crippen LogP contribution in [0.25, 0.3) is 0 Å². The van der Waals surface area contributed by atoms with Crippen LogP contribution in [0.2, 0.25) is 0 Å². The summed E-state index contributed by atoms with van der Waals surface area (Å²) in [6.45, 7) is 2.71. The molecule has 1 heterocycles. The number of hydrogen-bond donors (Lipinski definition) is 1. The Morgan fingerprint density at radius 2 is 2.23 bits per heavy atom. The van der Waals surface area contributed by atoms with Gasteiger partial charge in [0.05, 0.1) is 12.5 Å². The highest BCUT2D eigenvalue weighted by Gasteiger charge is 2.27. The van der Waals surface area contributed by atoms with E-state index in [1.807, 2.05) is 0 Å². The first-order valence-corrected chi connectivity index (χ1v) is 5.23. The number of hydrogen-bond acceptors (Lipinski definition) is 3. The third-order valence-corrected chi connectivity index (χ3v) is 3.06. The Hall–Kier alpha value is -0.570. The maximum Gasteiger partial charge on any atom is 0.308 e. The van der Waals surface area contributed by atoms with Gasteiger partial charge >= 0.3 is 5.97 Å². The van der Waals surface area contributed by atoms with Crippen molar-refractivity contribution in [3.05, 3.63) is 0 Å². The Bertz CT molecular complexity index is 183. The Morgan fingerprint density at radius 3 is 2.77 bits per heavy atom. The summed E-state index contributed by atoms with van der Waals surface area (Å²) in [5.74, 6) is 0.830. The summed E-state index contributed by atoms with van der Waals surface area (Å²) in [6.07, 6.45) is 4.44. The summed E-state index contributed by atoms with van der Waals surface area (Å²) in [7, 11) is 0. The summed E-state index contributed by atoms with van der Waals surface area (Å²) in [5, 5.41) is 3.26. The van der Waals surface area contributed by atoms with Gasteiger partial charge in [-0.05, 0) is 25.8 Å². The average molecular weight is 183 g/mol. The van der Waals surface area contributed by atoms with Crippen LogP contribution in [0, 0.1) is 11.8 Å². The van der Waals surface area contributed by atoms with Crippen molar-refractivity contribution in [3.8, 4) is 0 Å². The number of carbonyl (C=O) groups excluding carboxylic acids is 1. The van der Waals surface area contributed by atoms with Gasteiger partial charge in [0.15, 0.2) is 0 Å². The van der Waals surface area contributed by atoms with Crippen molar-refractivity contribution < 1.29 is 9.53 Å². The number of rotatable bonds is 3. The second-order valence-corrected chi connectivity index (χ2v) is 4.12. The number of esters is 1. The van der Waals surface area contributed by atoms with Crippen LogP contribution in [0.3, 0.4) is 0 Å². The van der Waals surface area contributed by atoms with Crippen molar-refractivity contribution in [2.24, 2.45) is 11.8 Å². The number of carbonyl (C=O) groups is 1. The van der Waals surface area contributed by atoms with E-state index in [1.165, 1.54) is 6.42 Å². The maximum atomic E-state index is 11.3. The highest BCUT2D eigenvalue weighted by molar-refractivity contribution is 5.73. The van der Waals surface area contributed by atoms with Crippen LogP contribution in [-0.2, 0) is 9.53 Å². The third-order valence-electron chi connectivity index (χ3n) is 3.06. The molecular formula is C10H17NO2. The molecule has 0 amide bonds. The summed E-state index contributed by atoms with van der Waals surface area (Å²) in [5.41, 5.74) is 0. The summed E-state index contributed by atoms with van der Waals surface area (Å²) >= 11 is 0. The minimum absolute atomic E-state index is 0.0400. The summed E-state index contributed by atoms with van der Waals surface area (Å²) < 4.78 is 5.25. The third kappa shape index (κ3) is 2.21. The van der Waals surface area contributed by atoms with Crippen LogP contribution in [0.4, 0.5) is 0 Å². The zero-order valence-corrected chi connectivity index (χ0v) is 7.92. The highest BCUT2D eigenvalue weighted by atomic mass is 16.5. The molecular weight excluding hydrogens is 166 g/mol. The minimum atomic E-state index is 0.0400. The van der Waals surface area contributed by atoms with Gasteiger partial charge in [0.2, 0.25) is 0 Å². The molecule has 1 atom stereocenters. The van der Waals surface area contributed by atoms with E-state index in [9.17, 15) is 4.79 Å². The van der Waals surface area contributed by atoms with Gasteiger partial charge in [0, 0.05) is 12.5 Å². The quantitative estimate of drug-likeness (QED) is 0.662. The normalized spacial score (nSPS) is 28.5. The lowest BCUT2D eigenvalue weighted by atomic mass is 9.86. The molecule has 0 aromatic heterocycles. The van der Waals surface area contributed by atoms with Crippen molar-refractivity contribution in [2.45, 2.75) is 25.7 Å². The van der Waals surface area contributed by atoms with E-state index in [1.54, 1.807) is 0 Å². The monoisotopic (exact) mass is 183 g/mol. The van der Waals surface area contributed by atoms with Crippen LogP contribution in [0.1, 0.15) is 25.7 Å². The molecule has 0 spiro atoms. The fraction of sp³-hybridized carbons (Fsp3) is 0.900. The van der Waals surface area contributed by atoms with Gasteiger partial charge in [-0.2, -0.15) is 0 Å². The average Bonchev–Trinajstić information content (AvgIpc) is 2.49. The molecule has 13 heavy (non-hydrogen) atoms. The van der Waals surface area contributed by atoms with Gasteiger partial charge in [-0.1, -0.05) is 6.42 Å². The zero-order valence-electron chi connectivity index (χ0n) is 7.92. The Labute approximate surface area is 78.8 Å². The summed E-state index contributed by atoms with van der Waals surface area (Å²) in [4.78, 5) is 11.3. The second-order valence-electron chi connectivity index (χ2n) is 4.12. The molecule has 0 unspecified atom stereocenters. The Kier molecular flexibility index (Phi) is 2.83. The minimum Gasteiger partial charge on any atom is -0.465 e. The van der Waals surface area contributed by atoms with Crippen molar-refractivity contribution in [1.29, 1.82) is 0 Å². The molecule has 1 N–H and O–H groups in total. The van der Waals surface area contributed by atoms with Crippen molar-refractivity contribution >= 4 is 5.97 Å². The number of nitrogens with one attached hydrogen (secondary N) is 1. The van der Waals surface area contributed by atoms with E-state index in [0.717, 1.165) is 32.4 Å². The molecule has 0 bridgehead atoms. The van der Waals surface area contributed by atoms with Gasteiger partial charge < -0.3 is 10.1 Å². The SMILES string of the molecule is O=C(OC[C@H]1CCNC1)C1CCC1. The zero-order chi connectivity index (χ0) is 9.10. The highest BCUT2D eigenvalue weighted by Crippen LogP contribution is 2.27. The lowest BCUT2D eigenvalue weighted by molar-refractivity contribution is -0.152. The molecule has 0 radical (unpaired) electrons. The molecule has 2 aliphatic rings. The van der Waals surface area contributed by atoms with Crippen LogP contribution < -0.4 is 5.32 Å². The van der Waals surface area contributed by atoms with E-state index in [4.69, 9.17) is 4.74 Å². The van der Waals surface area contributed by atoms with Gasteiger partial charge in [-0.25, -0.2) is 0 Å². The Balaban J connectivity index is 1.63. The molecule has 1 aliphatic carbocycles. The van der Waals surface area contributed by atoms with E-state index < -0.39 is 0 Å². The van der Waals surface area contributed by atoms with Crippen LogP contribution in [0.5, 0.6) is 0 Å². The van der Waals surface area contributed by atoms with Crippen molar-refractivity contribution in [3.63, 3.8) is 0 Å². The summed E-state index contributed by atoms with van der Waals surface area (Å²) in [6, 6.07) is 0. The molecule has 3 heteroatoms. The molecule has 1 saturated heterocycles. The fourth-order valence-corrected chi connectivity index (χ4v) is 1.82. The van der Waals surface area contributed by atoms with Crippen LogP contribution in [-0.4, -0.2) is 25.7 Å². The second kappa shape index (κ2) is 4.09. The van der Waals surface area contributed by atoms with Crippen LogP contribution >= 0.6 is 0 Å². The maximum absolute atomic E-state index is 11.3. The standard InChI is InChI=1S/C10H17NO2/c12-10(9-2-1-3-9)13-7-8-4-5-11-6-8/h8-9,11H,1-7H2/t8-/m0/s1. The molecule has 0 aromatic carbocycles. The Morgan fingerprint density at radius 1 is 1.38 bits per heavy atom. The largest absolute Gasteiger partial charge is 0.465 e. The smallest absolute Gasteiger partial charge is 0.308 e. The van der Waals surface area contributed by atoms with Gasteiger partial charge in [0.1, 0.15) is 0 Å². The van der Waals surface area contributed by atoms with Gasteiger partial charge in [0.25, 0.3) is 0 Å². The van der Waals surface area contributed by atoms with E-state index in [-0.39, 0.29) is 11.9 Å². The first-order chi connectivity index (χ1) is 6.36. The number of ether oxygens (including phenoxy) is 1. The lowest BCUT2D eigenvalue weighted by Gasteiger charge is -2.23. The van der Waals surface area contributed by atoms with Crippen molar-refractivity contribution in [2.75, 3.05) is 19.7 Å². The molecule has 1 aliphatic heterocycles. The fourth-order valence-electron chi connectivity index (χ4n) is 1.82. The van der Waals surface area contributed by atoms with Gasteiger partial charge in [-0.3, -0.25) is 4.79 Å². The van der Waals surface area contributed by atoms with Crippen molar-refractivity contribution in [1.82, 2.24) is 5.32 Å². The molecule has 3 nitrogen and oxygen atoms in total. The predicted octanol–water partition coefficient (Wildman–Crippen LogP) is 0.939. The predicted molar refractivity (Wildman–Crippen MR) is 49.3 cm³/mol. The first kappa shape index (κ1) is 9.00. The molecule has 2 rings (SSSR count).